The molecule has 5 rings (SSSR count). The molecule has 0 aliphatic carbocycles. The molecule has 1 saturated heterocycles. The summed E-state index contributed by atoms with van der Waals surface area (Å²) >= 11 is 9.37. The molecule has 0 spiro atoms. The molecule has 4 aromatic carbocycles. The summed E-state index contributed by atoms with van der Waals surface area (Å²) in [5.41, 5.74) is 17.2. The van der Waals surface area contributed by atoms with Gasteiger partial charge in [-0.3, -0.25) is 0 Å². The maximum Gasteiger partial charge on any atom is 0.0557 e. The highest BCUT2D eigenvalue weighted by atomic mass is 33.6. The lowest BCUT2D eigenvalue weighted by Gasteiger charge is -2.37. The van der Waals surface area contributed by atoms with Crippen LogP contribution in [0.25, 0.3) is 0 Å². The number of benzene rings is 4. The predicted molar refractivity (Wildman–Crippen MR) is 219 cm³/mol. The Kier molecular flexibility index (Phi) is 11.7. The van der Waals surface area contributed by atoms with Gasteiger partial charge >= 0.3 is 0 Å². The lowest BCUT2D eigenvalue weighted by atomic mass is 10.1. The Morgan fingerprint density at radius 3 is 0.545 bits per heavy atom. The van der Waals surface area contributed by atoms with Gasteiger partial charge in [-0.2, -0.15) is 0 Å². The van der Waals surface area contributed by atoms with E-state index in [4.69, 9.17) is 0 Å². The Morgan fingerprint density at radius 1 is 0.273 bits per heavy atom. The van der Waals surface area contributed by atoms with Gasteiger partial charge in [0, 0.05) is 21.2 Å². The molecule has 0 aromatic heterocycles. The fourth-order valence-electron chi connectivity index (χ4n) is 6.50. The van der Waals surface area contributed by atoms with Crippen molar-refractivity contribution in [3.05, 3.63) is 115 Å². The quantitative estimate of drug-likeness (QED) is 0.192. The zero-order valence-electron chi connectivity index (χ0n) is 28.0. The molecular weight excluding hydrogens is 685 g/mol. The Labute approximate surface area is 286 Å². The maximum atomic E-state index is 2.42. The Morgan fingerprint density at radius 2 is 0.409 bits per heavy atom. The van der Waals surface area contributed by atoms with Crippen LogP contribution in [0.3, 0.4) is 0 Å². The second kappa shape index (κ2) is 14.6. The van der Waals surface area contributed by atoms with E-state index in [1.807, 2.05) is 0 Å². The number of hydrogen-bond donors (Lipinski definition) is 0. The third kappa shape index (κ3) is 7.66. The summed E-state index contributed by atoms with van der Waals surface area (Å²) in [6, 6.07) is 19.4. The van der Waals surface area contributed by atoms with E-state index in [1.165, 1.54) is 66.8 Å². The number of hydrogen-bond acceptors (Lipinski definition) is 4. The van der Waals surface area contributed by atoms with E-state index >= 15 is 0 Å². The Hall–Kier alpha value is -0.000000000000000111. The van der Waals surface area contributed by atoms with E-state index in [2.05, 4.69) is 176 Å². The second-order valence-electron chi connectivity index (χ2n) is 12.3. The van der Waals surface area contributed by atoms with Crippen molar-refractivity contribution in [1.82, 2.24) is 0 Å². The number of aryl methyl sites for hydroxylation is 12. The van der Waals surface area contributed by atoms with Gasteiger partial charge in [-0.15, -0.1) is 0 Å². The summed E-state index contributed by atoms with van der Waals surface area (Å²) in [7, 11) is 0. The van der Waals surface area contributed by atoms with Crippen LogP contribution in [0, 0.1) is 83.1 Å². The largest absolute Gasteiger partial charge is 0.0736 e. The molecule has 0 nitrogen and oxygen atoms in total. The molecule has 1 fully saturated rings. The van der Waals surface area contributed by atoms with Crippen molar-refractivity contribution in [2.45, 2.75) is 83.1 Å². The molecule has 44 heavy (non-hydrogen) atoms. The zero-order valence-corrected chi connectivity index (χ0v) is 34.9. The molecule has 0 atom stereocenters. The number of rotatable bonds is 4. The van der Waals surface area contributed by atoms with E-state index in [-0.39, 0.29) is 0 Å². The second-order valence-corrected chi connectivity index (χ2v) is 36.2. The normalized spacial score (nSPS) is 20.8. The average Bonchev–Trinajstić information content (AvgIpc) is 2.84. The first kappa shape index (κ1) is 35.3. The Balaban J connectivity index is 1.74. The third-order valence-electron chi connectivity index (χ3n) is 7.87. The van der Waals surface area contributed by atoms with Crippen LogP contribution in [0.2, 0.25) is 0 Å². The summed E-state index contributed by atoms with van der Waals surface area (Å²) < 4.78 is 0. The van der Waals surface area contributed by atoms with Gasteiger partial charge < -0.3 is 0 Å². The zero-order chi connectivity index (χ0) is 32.0. The van der Waals surface area contributed by atoms with E-state index in [9.17, 15) is 0 Å². The molecule has 8 heteroatoms. The molecule has 0 N–H and O–H groups in total. The maximum absolute atomic E-state index is 2.42. The molecule has 232 valence electrons. The van der Waals surface area contributed by atoms with Gasteiger partial charge in [-0.25, -0.2) is 0 Å². The molecular formula is C36H44P4S4. The Bertz CT molecular complexity index is 1380. The fraction of sp³-hybridized carbons (Fsp3) is 0.333. The predicted octanol–water partition coefficient (Wildman–Crippen LogP) is 13.2. The summed E-state index contributed by atoms with van der Waals surface area (Å²) in [6.45, 7) is 27.9. The highest BCUT2D eigenvalue weighted by Crippen LogP contribution is 2.96. The summed E-state index contributed by atoms with van der Waals surface area (Å²) in [4.78, 5) is 0. The minimum atomic E-state index is -0.504. The van der Waals surface area contributed by atoms with Crippen LogP contribution in [0.15, 0.2) is 48.5 Å². The van der Waals surface area contributed by atoms with Crippen LogP contribution in [0.5, 0.6) is 0 Å². The lowest BCUT2D eigenvalue weighted by molar-refractivity contribution is 1.36. The average molecular weight is 729 g/mol. The molecule has 0 amide bonds. The van der Waals surface area contributed by atoms with Gasteiger partial charge in [0.1, 0.15) is 0 Å². The van der Waals surface area contributed by atoms with E-state index in [0.29, 0.717) is 0 Å². The molecule has 1 aliphatic heterocycles. The van der Waals surface area contributed by atoms with Crippen molar-refractivity contribution in [2.24, 2.45) is 0 Å². The topological polar surface area (TPSA) is 0 Å². The minimum Gasteiger partial charge on any atom is -0.0736 e. The third-order valence-corrected chi connectivity index (χ3v) is 46.4. The van der Waals surface area contributed by atoms with Crippen LogP contribution >= 0.6 is 69.3 Å². The molecule has 0 bridgehead atoms. The van der Waals surface area contributed by atoms with Crippen molar-refractivity contribution >= 4 is 90.5 Å². The van der Waals surface area contributed by atoms with Gasteiger partial charge in [-0.05, 0) is 128 Å². The molecule has 0 saturated carbocycles. The van der Waals surface area contributed by atoms with Crippen molar-refractivity contribution < 1.29 is 0 Å². The first-order valence-corrected chi connectivity index (χ1v) is 28.4. The summed E-state index contributed by atoms with van der Waals surface area (Å²) in [5.74, 6) is 0. The van der Waals surface area contributed by atoms with Crippen molar-refractivity contribution in [3.63, 3.8) is 0 Å². The van der Waals surface area contributed by atoms with Crippen LogP contribution in [0.4, 0.5) is 0 Å². The van der Waals surface area contributed by atoms with E-state index in [0.717, 1.165) is 0 Å². The lowest BCUT2D eigenvalue weighted by Crippen LogP contribution is -2.14. The van der Waals surface area contributed by atoms with Crippen molar-refractivity contribution in [3.8, 4) is 0 Å². The minimum absolute atomic E-state index is 0.504. The van der Waals surface area contributed by atoms with Crippen molar-refractivity contribution in [1.29, 1.82) is 0 Å². The van der Waals surface area contributed by atoms with Gasteiger partial charge in [0.15, 0.2) is 0 Å². The molecule has 4 aromatic rings. The highest BCUT2D eigenvalue weighted by molar-refractivity contribution is 9.37. The van der Waals surface area contributed by atoms with Crippen LogP contribution in [-0.4, -0.2) is 0 Å². The van der Waals surface area contributed by atoms with E-state index < -0.39 is 25.3 Å². The summed E-state index contributed by atoms with van der Waals surface area (Å²) in [6.07, 6.45) is -2.02. The first-order chi connectivity index (χ1) is 20.7. The van der Waals surface area contributed by atoms with Gasteiger partial charge in [0.25, 0.3) is 0 Å². The summed E-state index contributed by atoms with van der Waals surface area (Å²) in [5, 5.41) is 6.45. The van der Waals surface area contributed by atoms with Crippen LogP contribution < -0.4 is 21.2 Å². The van der Waals surface area contributed by atoms with Gasteiger partial charge in [-0.1, -0.05) is 115 Å². The SMILES string of the molecule is Cc1cc(C)c(P2SP(c3c(C)cc(C)cc3C)SP(c3c(C)cc(C)cc3C)SP(c3c(C)cc(C)cc3C)S2)c(C)c1. The molecule has 0 radical (unpaired) electrons. The van der Waals surface area contributed by atoms with Crippen LogP contribution in [-0.2, 0) is 0 Å². The standard InChI is InChI=1S/C36H44P4S4/c1-21-13-25(5)33(26(6)14-21)37-41-38(34-27(7)15-22(2)16-28(34)8)43-40(36-31(11)19-24(4)20-32(36)12)44-39(42-37)35-29(9)17-23(3)18-30(35)10/h13-20H,1-12H3. The molecule has 1 aliphatic rings. The van der Waals surface area contributed by atoms with E-state index in [1.54, 1.807) is 21.2 Å². The molecule has 1 heterocycles. The monoisotopic (exact) mass is 728 g/mol. The molecule has 0 unspecified atom stereocenters. The van der Waals surface area contributed by atoms with Crippen LogP contribution in [0.1, 0.15) is 66.8 Å². The van der Waals surface area contributed by atoms with Gasteiger partial charge in [0.05, 0.1) is 25.3 Å². The smallest absolute Gasteiger partial charge is 0.0557 e. The van der Waals surface area contributed by atoms with Gasteiger partial charge in [0.2, 0.25) is 0 Å². The van der Waals surface area contributed by atoms with Crippen molar-refractivity contribution in [2.75, 3.05) is 0 Å². The highest BCUT2D eigenvalue weighted by Gasteiger charge is 2.38. The first-order valence-electron chi connectivity index (χ1n) is 15.0. The fourth-order valence-corrected chi connectivity index (χ4v) is 65.1.